The van der Waals surface area contributed by atoms with Crippen LogP contribution in [-0.4, -0.2) is 14.5 Å². The molecule has 6 heteroatoms. The fraction of sp³-hybridized carbons (Fsp3) is 0. The number of imidazole rings is 1. The number of furan rings is 2. The summed E-state index contributed by atoms with van der Waals surface area (Å²) in [4.78, 5) is 9.31. The summed E-state index contributed by atoms with van der Waals surface area (Å²) in [5.41, 5.74) is 12.9. The van der Waals surface area contributed by atoms with E-state index in [0.29, 0.717) is 0 Å². The van der Waals surface area contributed by atoms with E-state index < -0.39 is 0 Å². The van der Waals surface area contributed by atoms with Crippen molar-refractivity contribution in [2.75, 3.05) is 0 Å². The maximum Gasteiger partial charge on any atom is 0.135 e. The number of pyridine rings is 1. The summed E-state index contributed by atoms with van der Waals surface area (Å²) >= 11 is 0. The molecule has 0 aliphatic carbocycles. The first-order valence-electron chi connectivity index (χ1n) is 18.1. The molecule has 1 radical (unpaired) electrons. The van der Waals surface area contributed by atoms with Gasteiger partial charge in [0.05, 0.1) is 16.9 Å². The van der Waals surface area contributed by atoms with Gasteiger partial charge in [-0.3, -0.25) is 4.98 Å². The van der Waals surface area contributed by atoms with Crippen molar-refractivity contribution in [1.82, 2.24) is 14.5 Å². The van der Waals surface area contributed by atoms with Crippen molar-refractivity contribution in [3.63, 3.8) is 0 Å². The van der Waals surface area contributed by atoms with E-state index >= 15 is 0 Å². The second kappa shape index (κ2) is 15.1. The van der Waals surface area contributed by atoms with Gasteiger partial charge in [0.15, 0.2) is 0 Å². The van der Waals surface area contributed by atoms with E-state index in [2.05, 4.69) is 113 Å². The van der Waals surface area contributed by atoms with E-state index in [9.17, 15) is 0 Å². The Balaban J connectivity index is 0.000000270. The van der Waals surface area contributed by atoms with Gasteiger partial charge >= 0.3 is 0 Å². The Labute approximate surface area is 336 Å². The molecular formula is C50H31IrN3O2-2. The maximum atomic E-state index is 6.06. The molecule has 0 spiro atoms. The van der Waals surface area contributed by atoms with Crippen LogP contribution in [0.4, 0.5) is 0 Å². The van der Waals surface area contributed by atoms with Crippen LogP contribution in [0.3, 0.4) is 0 Å². The number of benzene rings is 7. The van der Waals surface area contributed by atoms with Crippen molar-refractivity contribution < 1.29 is 28.9 Å². The summed E-state index contributed by atoms with van der Waals surface area (Å²) in [6.45, 7) is 0. The molecule has 0 saturated carbocycles. The normalized spacial score (nSPS) is 11.1. The van der Waals surface area contributed by atoms with Crippen LogP contribution in [0.25, 0.3) is 94.5 Å². The van der Waals surface area contributed by atoms with Gasteiger partial charge in [0, 0.05) is 54.6 Å². The number of aromatic nitrogens is 3. The largest absolute Gasteiger partial charge is 0.557 e. The Bertz CT molecular complexity index is 3040. The maximum absolute atomic E-state index is 6.06. The topological polar surface area (TPSA) is 57.0 Å². The zero-order valence-corrected chi connectivity index (χ0v) is 32.3. The molecule has 4 heterocycles. The molecule has 7 aromatic carbocycles. The molecule has 4 aromatic heterocycles. The molecule has 0 atom stereocenters. The molecule has 11 rings (SSSR count). The van der Waals surface area contributed by atoms with Gasteiger partial charge < -0.3 is 18.4 Å². The molecule has 0 aliphatic rings. The van der Waals surface area contributed by atoms with Gasteiger partial charge in [-0.25, -0.2) is 0 Å². The molecule has 269 valence electrons. The summed E-state index contributed by atoms with van der Waals surface area (Å²) in [7, 11) is 0. The third-order valence-corrected chi connectivity index (χ3v) is 9.89. The number of nitrogens with zero attached hydrogens (tertiary/aromatic N) is 3. The molecule has 0 unspecified atom stereocenters. The Hall–Kier alpha value is -6.85. The van der Waals surface area contributed by atoms with Crippen LogP contribution in [0.5, 0.6) is 0 Å². The third-order valence-electron chi connectivity index (χ3n) is 9.89. The second-order valence-corrected chi connectivity index (χ2v) is 13.3. The summed E-state index contributed by atoms with van der Waals surface area (Å²) in [5.74, 6) is 0.792. The zero-order chi connectivity index (χ0) is 36.6. The van der Waals surface area contributed by atoms with E-state index in [1.165, 1.54) is 11.1 Å². The molecule has 0 saturated heterocycles. The van der Waals surface area contributed by atoms with Crippen LogP contribution >= 0.6 is 0 Å². The van der Waals surface area contributed by atoms with E-state index in [0.717, 1.165) is 83.4 Å². The van der Waals surface area contributed by atoms with E-state index in [-0.39, 0.29) is 20.1 Å². The zero-order valence-electron chi connectivity index (χ0n) is 29.9. The molecule has 0 N–H and O–H groups in total. The quantitative estimate of drug-likeness (QED) is 0.162. The molecule has 0 fully saturated rings. The minimum absolute atomic E-state index is 0. The Morgan fingerprint density at radius 1 is 0.518 bits per heavy atom. The molecule has 0 amide bonds. The van der Waals surface area contributed by atoms with E-state index in [1.807, 2.05) is 91.0 Å². The van der Waals surface area contributed by atoms with Crippen molar-refractivity contribution in [3.8, 4) is 50.6 Å². The first kappa shape index (κ1) is 34.9. The van der Waals surface area contributed by atoms with Crippen molar-refractivity contribution in [3.05, 3.63) is 201 Å². The number of hydrogen-bond acceptors (Lipinski definition) is 4. The third kappa shape index (κ3) is 6.52. The van der Waals surface area contributed by atoms with Crippen molar-refractivity contribution >= 4 is 43.9 Å². The van der Waals surface area contributed by atoms with Gasteiger partial charge in [0.1, 0.15) is 11.2 Å². The van der Waals surface area contributed by atoms with Gasteiger partial charge in [-0.15, -0.1) is 35.9 Å². The number of para-hydroxylation sites is 3. The van der Waals surface area contributed by atoms with Crippen LogP contribution in [0, 0.1) is 12.3 Å². The minimum Gasteiger partial charge on any atom is -0.557 e. The summed E-state index contributed by atoms with van der Waals surface area (Å²) in [5, 5.41) is 3.18. The predicted octanol–water partition coefficient (Wildman–Crippen LogP) is 13.0. The van der Waals surface area contributed by atoms with Gasteiger partial charge in [-0.05, 0) is 76.5 Å². The average molecular weight is 898 g/mol. The fourth-order valence-electron chi connectivity index (χ4n) is 7.19. The standard InChI is InChI=1S/C39H23N2O2.C11H8N.Ir/c1-2-8-25(9-3-1)26-14-18-29(19-15-26)41-35-12-6-5-11-34(35)40-39(41)33-24-42-36-20-16-27(23-32(33)36)28-17-21-38-31(22-28)30-10-4-7-13-37(30)43-38;1-2-6-10(7-3-1)11-8-4-5-9-12-11;/h1-23H;1-6,8-9H;/q2*-1;. The second-order valence-electron chi connectivity index (χ2n) is 13.3. The summed E-state index contributed by atoms with van der Waals surface area (Å²) < 4.78 is 14.2. The summed E-state index contributed by atoms with van der Waals surface area (Å²) in [6, 6.07) is 64.9. The molecule has 5 nitrogen and oxygen atoms in total. The molecule has 56 heavy (non-hydrogen) atoms. The van der Waals surface area contributed by atoms with Crippen LogP contribution in [0.15, 0.2) is 197 Å². The number of rotatable bonds is 5. The first-order valence-corrected chi connectivity index (χ1v) is 18.1. The van der Waals surface area contributed by atoms with Crippen LogP contribution in [0.1, 0.15) is 0 Å². The van der Waals surface area contributed by atoms with E-state index in [1.54, 1.807) is 6.20 Å². The van der Waals surface area contributed by atoms with E-state index in [4.69, 9.17) is 13.8 Å². The Kier molecular flexibility index (Phi) is 9.42. The molecule has 11 aromatic rings. The average Bonchev–Trinajstić information content (AvgIpc) is 3.98. The Morgan fingerprint density at radius 2 is 1.20 bits per heavy atom. The van der Waals surface area contributed by atoms with Gasteiger partial charge in [0.2, 0.25) is 0 Å². The molecular weight excluding hydrogens is 867 g/mol. The number of fused-ring (bicyclic) bond motifs is 5. The monoisotopic (exact) mass is 898 g/mol. The Morgan fingerprint density at radius 3 is 2.00 bits per heavy atom. The predicted molar refractivity (Wildman–Crippen MR) is 222 cm³/mol. The minimum atomic E-state index is 0. The van der Waals surface area contributed by atoms with Crippen molar-refractivity contribution in [2.45, 2.75) is 0 Å². The van der Waals surface area contributed by atoms with Crippen LogP contribution in [0.2, 0.25) is 0 Å². The molecule has 0 bridgehead atoms. The smallest absolute Gasteiger partial charge is 0.135 e. The van der Waals surface area contributed by atoms with Gasteiger partial charge in [-0.1, -0.05) is 120 Å². The fourth-order valence-corrected chi connectivity index (χ4v) is 7.19. The number of hydrogen-bond donors (Lipinski definition) is 0. The van der Waals surface area contributed by atoms with Gasteiger partial charge in [0.25, 0.3) is 0 Å². The SMILES string of the molecule is [Ir].[c-]1ccccc1-c1ccccn1.[c-]1oc2ccc(-c3ccc4oc5ccccc5c4c3)cc2c1-c1nc2ccccc2n1-c1ccc(-c2ccccc2)cc1. The van der Waals surface area contributed by atoms with Crippen molar-refractivity contribution in [2.24, 2.45) is 0 Å². The molecule has 0 aliphatic heterocycles. The van der Waals surface area contributed by atoms with Crippen molar-refractivity contribution in [1.29, 1.82) is 0 Å². The van der Waals surface area contributed by atoms with Gasteiger partial charge in [-0.2, -0.15) is 0 Å². The van der Waals surface area contributed by atoms with Crippen LogP contribution in [-0.2, 0) is 20.1 Å². The summed E-state index contributed by atoms with van der Waals surface area (Å²) in [6.07, 6.45) is 4.98. The first-order chi connectivity index (χ1) is 27.3. The van der Waals surface area contributed by atoms with Crippen LogP contribution < -0.4 is 0 Å².